The van der Waals surface area contributed by atoms with Crippen molar-refractivity contribution in [2.75, 3.05) is 34.9 Å². The Balaban J connectivity index is 1.97. The molecule has 2 aromatic carbocycles. The zero-order valence-corrected chi connectivity index (χ0v) is 20.5. The highest BCUT2D eigenvalue weighted by atomic mass is 16.5. The number of ether oxygens (including phenoxy) is 3. The maximum absolute atomic E-state index is 13.4. The maximum Gasteiger partial charge on any atom is 0.317 e. The van der Waals surface area contributed by atoms with Crippen LogP contribution >= 0.6 is 0 Å². The highest BCUT2D eigenvalue weighted by molar-refractivity contribution is 6.03. The quantitative estimate of drug-likeness (QED) is 0.641. The lowest BCUT2D eigenvalue weighted by molar-refractivity contribution is -0.133. The number of urea groups is 1. The Labute approximate surface area is 200 Å². The lowest BCUT2D eigenvalue weighted by atomic mass is 9.97. The van der Waals surface area contributed by atoms with Gasteiger partial charge in [-0.05, 0) is 44.2 Å². The average Bonchev–Trinajstić information content (AvgIpc) is 3.28. The minimum atomic E-state index is -0.430. The molecule has 0 radical (unpaired) electrons. The summed E-state index contributed by atoms with van der Waals surface area (Å²) in [4.78, 5) is 27.1. The maximum atomic E-state index is 13.4. The molecule has 182 valence electrons. The molecule has 3 rings (SSSR count). The molecule has 1 unspecified atom stereocenters. The van der Waals surface area contributed by atoms with E-state index in [0.29, 0.717) is 23.7 Å². The van der Waals surface area contributed by atoms with Gasteiger partial charge in [0.25, 0.3) is 5.91 Å². The summed E-state index contributed by atoms with van der Waals surface area (Å²) in [5, 5.41) is 8.91. The number of hydrogen-bond acceptors (Lipinski definition) is 6. The van der Waals surface area contributed by atoms with E-state index >= 15 is 0 Å². The van der Waals surface area contributed by atoms with Gasteiger partial charge in [0, 0.05) is 30.6 Å². The Bertz CT molecular complexity index is 1070. The lowest BCUT2D eigenvalue weighted by Gasteiger charge is -2.26. The molecular formula is C25H32N4O5. The zero-order chi connectivity index (χ0) is 24.8. The summed E-state index contributed by atoms with van der Waals surface area (Å²) >= 11 is 0. The molecule has 0 saturated carbocycles. The number of nitrogens with zero attached hydrogens (tertiary/aromatic N) is 3. The molecule has 1 N–H and O–H groups in total. The number of nitrogens with one attached hydrogen (secondary N) is 1. The number of rotatable bonds is 8. The Hall–Kier alpha value is -3.75. The van der Waals surface area contributed by atoms with Crippen LogP contribution in [0.1, 0.15) is 37.4 Å². The first-order valence-electron chi connectivity index (χ1n) is 11.0. The standard InChI is InChI=1S/C25H32N4O5/c1-16(2)26-25(31)28(3)15-24(30)29-22(20-13-19(33-5)10-11-23(20)34-6)14-21(27-29)17-8-7-9-18(12-17)32-4/h7-13,16,22H,14-15H2,1-6H3,(H,26,31). The van der Waals surface area contributed by atoms with Crippen LogP contribution in [0, 0.1) is 0 Å². The highest BCUT2D eigenvalue weighted by Gasteiger charge is 2.36. The van der Waals surface area contributed by atoms with Crippen molar-refractivity contribution in [3.63, 3.8) is 0 Å². The Morgan fingerprint density at radius 2 is 1.79 bits per heavy atom. The van der Waals surface area contributed by atoms with Crippen LogP contribution in [0.15, 0.2) is 47.6 Å². The summed E-state index contributed by atoms with van der Waals surface area (Å²) in [6, 6.07) is 12.2. The fourth-order valence-corrected chi connectivity index (χ4v) is 3.76. The van der Waals surface area contributed by atoms with E-state index in [1.807, 2.05) is 50.2 Å². The Kier molecular flexibility index (Phi) is 7.99. The van der Waals surface area contributed by atoms with E-state index in [2.05, 4.69) is 10.4 Å². The molecule has 2 aromatic rings. The first-order chi connectivity index (χ1) is 16.3. The van der Waals surface area contributed by atoms with E-state index in [1.54, 1.807) is 34.4 Å². The average molecular weight is 469 g/mol. The van der Waals surface area contributed by atoms with Crippen molar-refractivity contribution in [2.24, 2.45) is 5.10 Å². The van der Waals surface area contributed by atoms with Crippen LogP contribution in [0.3, 0.4) is 0 Å². The predicted molar refractivity (Wildman–Crippen MR) is 130 cm³/mol. The largest absolute Gasteiger partial charge is 0.497 e. The molecule has 3 amide bonds. The van der Waals surface area contributed by atoms with E-state index in [-0.39, 0.29) is 24.5 Å². The van der Waals surface area contributed by atoms with Gasteiger partial charge < -0.3 is 24.4 Å². The van der Waals surface area contributed by atoms with Crippen molar-refractivity contribution >= 4 is 17.6 Å². The lowest BCUT2D eigenvalue weighted by Crippen LogP contribution is -2.45. The van der Waals surface area contributed by atoms with Crippen LogP contribution in [0.4, 0.5) is 4.79 Å². The third kappa shape index (κ3) is 5.59. The van der Waals surface area contributed by atoms with Gasteiger partial charge in [-0.2, -0.15) is 5.10 Å². The molecule has 1 aliphatic heterocycles. The second kappa shape index (κ2) is 10.9. The third-order valence-electron chi connectivity index (χ3n) is 5.50. The number of carbonyl (C=O) groups excluding carboxylic acids is 2. The van der Waals surface area contributed by atoms with Gasteiger partial charge in [0.1, 0.15) is 23.8 Å². The molecule has 0 saturated heterocycles. The number of carbonyl (C=O) groups is 2. The minimum absolute atomic E-state index is 0.0386. The predicted octanol–water partition coefficient (Wildman–Crippen LogP) is 3.44. The zero-order valence-electron chi connectivity index (χ0n) is 20.5. The fraction of sp³-hybridized carbons (Fsp3) is 0.400. The second-order valence-electron chi connectivity index (χ2n) is 8.31. The minimum Gasteiger partial charge on any atom is -0.497 e. The summed E-state index contributed by atoms with van der Waals surface area (Å²) in [5.41, 5.74) is 2.36. The van der Waals surface area contributed by atoms with Crippen LogP contribution in [0.2, 0.25) is 0 Å². The summed E-state index contributed by atoms with van der Waals surface area (Å²) in [5.74, 6) is 1.66. The number of hydrogen-bond donors (Lipinski definition) is 1. The number of methoxy groups -OCH3 is 3. The SMILES string of the molecule is COc1cccc(C2=NN(C(=O)CN(C)C(=O)NC(C)C)C(c3cc(OC)ccc3OC)C2)c1. The molecule has 0 aromatic heterocycles. The smallest absolute Gasteiger partial charge is 0.317 e. The van der Waals surface area contributed by atoms with E-state index < -0.39 is 6.04 Å². The molecule has 0 fully saturated rings. The van der Waals surface area contributed by atoms with Gasteiger partial charge in [-0.15, -0.1) is 0 Å². The monoisotopic (exact) mass is 468 g/mol. The summed E-state index contributed by atoms with van der Waals surface area (Å²) in [7, 11) is 6.36. The summed E-state index contributed by atoms with van der Waals surface area (Å²) in [6.45, 7) is 3.60. The topological polar surface area (TPSA) is 92.7 Å². The number of benzene rings is 2. The van der Waals surface area contributed by atoms with Gasteiger partial charge in [0.2, 0.25) is 0 Å². The number of likely N-dealkylation sites (N-methyl/N-ethyl adjacent to an activating group) is 1. The van der Waals surface area contributed by atoms with Crippen molar-refractivity contribution in [1.82, 2.24) is 15.2 Å². The van der Waals surface area contributed by atoms with Crippen molar-refractivity contribution in [1.29, 1.82) is 0 Å². The van der Waals surface area contributed by atoms with Crippen molar-refractivity contribution < 1.29 is 23.8 Å². The van der Waals surface area contributed by atoms with Crippen LogP contribution in [-0.2, 0) is 4.79 Å². The van der Waals surface area contributed by atoms with Crippen molar-refractivity contribution in [3.05, 3.63) is 53.6 Å². The van der Waals surface area contributed by atoms with Crippen LogP contribution < -0.4 is 19.5 Å². The molecule has 9 nitrogen and oxygen atoms in total. The molecule has 1 atom stereocenters. The molecular weight excluding hydrogens is 436 g/mol. The van der Waals surface area contributed by atoms with Gasteiger partial charge in [-0.1, -0.05) is 12.1 Å². The first-order valence-corrected chi connectivity index (χ1v) is 11.0. The molecule has 0 spiro atoms. The van der Waals surface area contributed by atoms with Crippen molar-refractivity contribution in [3.8, 4) is 17.2 Å². The van der Waals surface area contributed by atoms with Gasteiger partial charge in [0.05, 0.1) is 33.1 Å². The van der Waals surface area contributed by atoms with Gasteiger partial charge in [0.15, 0.2) is 0 Å². The molecule has 1 aliphatic rings. The normalized spacial score (nSPS) is 15.1. The third-order valence-corrected chi connectivity index (χ3v) is 5.50. The summed E-state index contributed by atoms with van der Waals surface area (Å²) in [6.07, 6.45) is 0.463. The van der Waals surface area contributed by atoms with Crippen LogP contribution in [0.25, 0.3) is 0 Å². The number of hydrazone groups is 1. The fourth-order valence-electron chi connectivity index (χ4n) is 3.76. The number of amides is 3. The molecule has 0 aliphatic carbocycles. The van der Waals surface area contributed by atoms with E-state index in [9.17, 15) is 9.59 Å². The van der Waals surface area contributed by atoms with Gasteiger partial charge in [-0.3, -0.25) is 4.79 Å². The van der Waals surface area contributed by atoms with Gasteiger partial charge in [-0.25, -0.2) is 9.80 Å². The van der Waals surface area contributed by atoms with E-state index in [4.69, 9.17) is 14.2 Å². The van der Waals surface area contributed by atoms with Gasteiger partial charge >= 0.3 is 6.03 Å². The van der Waals surface area contributed by atoms with E-state index in [0.717, 1.165) is 16.8 Å². The van der Waals surface area contributed by atoms with Crippen LogP contribution in [0.5, 0.6) is 17.2 Å². The molecule has 1 heterocycles. The first kappa shape index (κ1) is 24.9. The van der Waals surface area contributed by atoms with Crippen molar-refractivity contribution in [2.45, 2.75) is 32.4 Å². The molecule has 9 heteroatoms. The Morgan fingerprint density at radius 1 is 1.09 bits per heavy atom. The van der Waals surface area contributed by atoms with Crippen LogP contribution in [-0.4, -0.2) is 68.5 Å². The van der Waals surface area contributed by atoms with E-state index in [1.165, 1.54) is 9.91 Å². The molecule has 0 bridgehead atoms. The Morgan fingerprint density at radius 3 is 2.44 bits per heavy atom. The highest BCUT2D eigenvalue weighted by Crippen LogP contribution is 2.39. The summed E-state index contributed by atoms with van der Waals surface area (Å²) < 4.78 is 16.4. The second-order valence-corrected chi connectivity index (χ2v) is 8.31. The molecule has 34 heavy (non-hydrogen) atoms.